The van der Waals surface area contributed by atoms with Gasteiger partial charge in [0, 0.05) is 13.3 Å². The number of methoxy groups -OCH3 is 1. The molecular weight excluding hydrogens is 262 g/mol. The van der Waals surface area contributed by atoms with E-state index in [9.17, 15) is 9.59 Å². The largest absolute Gasteiger partial charge is 0.482 e. The van der Waals surface area contributed by atoms with Crippen molar-refractivity contribution in [1.82, 2.24) is 5.32 Å². The van der Waals surface area contributed by atoms with Crippen molar-refractivity contribution in [2.24, 2.45) is 0 Å². The van der Waals surface area contributed by atoms with Gasteiger partial charge in [0.1, 0.15) is 6.61 Å². The van der Waals surface area contributed by atoms with Crippen LogP contribution in [-0.2, 0) is 23.8 Å². The summed E-state index contributed by atoms with van der Waals surface area (Å²) in [5, 5.41) is 2.95. The second-order valence-corrected chi connectivity index (χ2v) is 4.01. The van der Waals surface area contributed by atoms with Gasteiger partial charge in [-0.25, -0.2) is 4.79 Å². The van der Waals surface area contributed by atoms with Crippen molar-refractivity contribution in [2.45, 2.75) is 0 Å². The second-order valence-electron chi connectivity index (χ2n) is 4.01. The van der Waals surface area contributed by atoms with E-state index in [1.54, 1.807) is 24.4 Å². The summed E-state index contributed by atoms with van der Waals surface area (Å²) >= 11 is 0. The Morgan fingerprint density at radius 2 is 2.20 bits per heavy atom. The minimum Gasteiger partial charge on any atom is -0.482 e. The molecule has 20 heavy (non-hydrogen) atoms. The van der Waals surface area contributed by atoms with Gasteiger partial charge in [-0.2, -0.15) is 0 Å². The van der Waals surface area contributed by atoms with Crippen LogP contribution in [0.25, 0.3) is 0 Å². The van der Waals surface area contributed by atoms with Crippen LogP contribution in [0.3, 0.4) is 0 Å². The van der Waals surface area contributed by atoms with Crippen LogP contribution in [0.4, 0.5) is 0 Å². The normalized spacial score (nSPS) is 17.4. The molecule has 2 aliphatic heterocycles. The number of nitrogens with one attached hydrogen (secondary N) is 1. The van der Waals surface area contributed by atoms with E-state index in [4.69, 9.17) is 14.2 Å². The van der Waals surface area contributed by atoms with Gasteiger partial charge in [-0.1, -0.05) is 12.2 Å². The molecule has 0 radical (unpaired) electrons. The fraction of sp³-hybridized carbons (Fsp3) is 0.286. The Labute approximate surface area is 116 Å². The van der Waals surface area contributed by atoms with Crippen LogP contribution in [0, 0.1) is 0 Å². The molecule has 6 heteroatoms. The lowest BCUT2D eigenvalue weighted by Crippen LogP contribution is -2.18. The van der Waals surface area contributed by atoms with Crippen LogP contribution < -0.4 is 5.32 Å². The predicted octanol–water partition coefficient (Wildman–Crippen LogP) is 0.586. The van der Waals surface area contributed by atoms with Crippen molar-refractivity contribution in [3.63, 3.8) is 0 Å². The van der Waals surface area contributed by atoms with Crippen molar-refractivity contribution in [3.05, 3.63) is 47.5 Å². The lowest BCUT2D eigenvalue weighted by atomic mass is 10.1. The highest BCUT2D eigenvalue weighted by atomic mass is 16.6. The van der Waals surface area contributed by atoms with Gasteiger partial charge in [-0.15, -0.1) is 0 Å². The van der Waals surface area contributed by atoms with E-state index in [2.05, 4.69) is 5.32 Å². The van der Waals surface area contributed by atoms with Gasteiger partial charge >= 0.3 is 5.97 Å². The van der Waals surface area contributed by atoms with Crippen molar-refractivity contribution in [2.75, 3.05) is 26.9 Å². The number of rotatable bonds is 5. The van der Waals surface area contributed by atoms with Gasteiger partial charge < -0.3 is 19.5 Å². The molecule has 0 fully saturated rings. The molecule has 0 bridgehead atoms. The highest BCUT2D eigenvalue weighted by molar-refractivity contribution is 6.20. The summed E-state index contributed by atoms with van der Waals surface area (Å²) in [5.41, 5.74) is 0.475. The van der Waals surface area contributed by atoms with E-state index in [-0.39, 0.29) is 36.9 Å². The van der Waals surface area contributed by atoms with E-state index in [1.165, 1.54) is 7.11 Å². The zero-order valence-electron chi connectivity index (χ0n) is 11.0. The molecule has 2 heterocycles. The molecule has 1 N–H and O–H groups in total. The number of carbonyl (C=O) groups is 2. The van der Waals surface area contributed by atoms with E-state index in [1.807, 2.05) is 6.08 Å². The Bertz CT molecular complexity index is 528. The summed E-state index contributed by atoms with van der Waals surface area (Å²) in [6.07, 6.45) is 8.78. The lowest BCUT2D eigenvalue weighted by Gasteiger charge is -2.09. The Balaban J connectivity index is 2.20. The quantitative estimate of drug-likeness (QED) is 0.450. The number of hydrogen-bond acceptors (Lipinski definition) is 6. The number of esters is 1. The van der Waals surface area contributed by atoms with Crippen LogP contribution in [-0.4, -0.2) is 38.7 Å². The zero-order chi connectivity index (χ0) is 14.4. The summed E-state index contributed by atoms with van der Waals surface area (Å²) in [4.78, 5) is 23.7. The van der Waals surface area contributed by atoms with Gasteiger partial charge in [0.2, 0.25) is 5.78 Å². The molecule has 0 aromatic heterocycles. The maximum atomic E-state index is 11.9. The summed E-state index contributed by atoms with van der Waals surface area (Å²) in [5.74, 6) is -0.865. The maximum absolute atomic E-state index is 11.9. The molecule has 0 aromatic rings. The van der Waals surface area contributed by atoms with Crippen LogP contribution in [0.1, 0.15) is 0 Å². The average Bonchev–Trinajstić information content (AvgIpc) is 2.66. The minimum absolute atomic E-state index is 0.0662. The highest BCUT2D eigenvalue weighted by Gasteiger charge is 2.33. The molecule has 0 spiro atoms. The van der Waals surface area contributed by atoms with Crippen molar-refractivity contribution in [1.29, 1.82) is 0 Å². The molecule has 0 amide bonds. The fourth-order valence-corrected chi connectivity index (χ4v) is 1.72. The molecule has 0 aliphatic carbocycles. The molecule has 2 aliphatic rings. The second kappa shape index (κ2) is 6.72. The number of carbonyl (C=O) groups excluding carboxylic acids is 2. The summed E-state index contributed by atoms with van der Waals surface area (Å²) < 4.78 is 15.1. The number of ether oxygens (including phenoxy) is 3. The maximum Gasteiger partial charge on any atom is 0.345 e. The first-order chi connectivity index (χ1) is 9.74. The van der Waals surface area contributed by atoms with Gasteiger partial charge in [0.15, 0.2) is 17.9 Å². The SMILES string of the molecule is COCCOC(=O)C1=C(C2=CC=CC=CN2)OCC1=O. The molecule has 0 saturated carbocycles. The van der Waals surface area contributed by atoms with E-state index in [0.717, 1.165) is 0 Å². The topological polar surface area (TPSA) is 73.9 Å². The minimum atomic E-state index is -0.695. The molecule has 2 rings (SSSR count). The van der Waals surface area contributed by atoms with Crippen LogP contribution in [0.15, 0.2) is 47.5 Å². The standard InChI is InChI=1S/C14H15NO5/c1-18-7-8-19-14(17)12-11(16)9-20-13(12)10-5-3-2-4-6-15-10/h2-6,15H,7-9H2,1H3. The number of hydrogen-bond donors (Lipinski definition) is 1. The zero-order valence-corrected chi connectivity index (χ0v) is 11.0. The highest BCUT2D eigenvalue weighted by Crippen LogP contribution is 2.23. The third kappa shape index (κ3) is 3.16. The van der Waals surface area contributed by atoms with E-state index < -0.39 is 5.97 Å². The third-order valence-corrected chi connectivity index (χ3v) is 2.64. The smallest absolute Gasteiger partial charge is 0.345 e. The third-order valence-electron chi connectivity index (χ3n) is 2.64. The number of Topliss-reactive ketones (excluding diaryl/α,β-unsaturated/α-hetero) is 1. The Morgan fingerprint density at radius 1 is 1.35 bits per heavy atom. The van der Waals surface area contributed by atoms with Gasteiger partial charge in [-0.3, -0.25) is 4.79 Å². The lowest BCUT2D eigenvalue weighted by molar-refractivity contribution is -0.141. The molecule has 106 valence electrons. The Kier molecular flexibility index (Phi) is 4.73. The van der Waals surface area contributed by atoms with E-state index in [0.29, 0.717) is 5.70 Å². The summed E-state index contributed by atoms with van der Waals surface area (Å²) in [6, 6.07) is 0. The Hall–Kier alpha value is -2.34. The van der Waals surface area contributed by atoms with Gasteiger partial charge in [0.25, 0.3) is 0 Å². The van der Waals surface area contributed by atoms with E-state index >= 15 is 0 Å². The van der Waals surface area contributed by atoms with Gasteiger partial charge in [-0.05, 0) is 12.2 Å². The van der Waals surface area contributed by atoms with Gasteiger partial charge in [0.05, 0.1) is 12.3 Å². The monoisotopic (exact) mass is 277 g/mol. The summed E-state index contributed by atoms with van der Waals surface area (Å²) in [6.45, 7) is 0.206. The van der Waals surface area contributed by atoms with Crippen LogP contribution in [0.2, 0.25) is 0 Å². The van der Waals surface area contributed by atoms with Crippen LogP contribution >= 0.6 is 0 Å². The number of allylic oxidation sites excluding steroid dienone is 4. The average molecular weight is 277 g/mol. The molecule has 0 atom stereocenters. The first kappa shape index (κ1) is 14.1. The molecule has 6 nitrogen and oxygen atoms in total. The first-order valence-electron chi connectivity index (χ1n) is 6.11. The summed E-state index contributed by atoms with van der Waals surface area (Å²) in [7, 11) is 1.50. The van der Waals surface area contributed by atoms with Crippen molar-refractivity contribution < 1.29 is 23.8 Å². The number of ketones is 1. The molecule has 0 saturated heterocycles. The molecular formula is C14H15NO5. The van der Waals surface area contributed by atoms with Crippen LogP contribution in [0.5, 0.6) is 0 Å². The van der Waals surface area contributed by atoms with Crippen molar-refractivity contribution in [3.8, 4) is 0 Å². The molecule has 0 unspecified atom stereocenters. The molecule has 0 aromatic carbocycles. The Morgan fingerprint density at radius 3 is 3.00 bits per heavy atom. The fourth-order valence-electron chi connectivity index (χ4n) is 1.72. The first-order valence-corrected chi connectivity index (χ1v) is 6.11. The predicted molar refractivity (Wildman–Crippen MR) is 70.3 cm³/mol. The van der Waals surface area contributed by atoms with Crippen molar-refractivity contribution >= 4 is 11.8 Å².